The lowest BCUT2D eigenvalue weighted by atomic mass is 10.1. The molecule has 0 saturated carbocycles. The van der Waals surface area contributed by atoms with Crippen LogP contribution in [-0.4, -0.2) is 19.7 Å². The van der Waals surface area contributed by atoms with Crippen molar-refractivity contribution in [1.82, 2.24) is 19.7 Å². The van der Waals surface area contributed by atoms with Gasteiger partial charge in [0.1, 0.15) is 11.6 Å². The molecule has 4 rings (SSSR count). The van der Waals surface area contributed by atoms with Gasteiger partial charge in [-0.15, -0.1) is 0 Å². The van der Waals surface area contributed by atoms with Crippen LogP contribution in [0.1, 0.15) is 11.4 Å². The number of hydrogen-bond donors (Lipinski definition) is 1. The standard InChI is InChI=1S/C18H14ClN5/c19-13-6-8-14(9-7-13)24-18-15(11-21-24)17(20)22-16(23-18)10-12-4-2-1-3-5-12/h1-9,11H,10H2,(H2,20,22,23). The highest BCUT2D eigenvalue weighted by Crippen LogP contribution is 2.22. The third kappa shape index (κ3) is 2.70. The molecule has 0 radical (unpaired) electrons. The number of benzene rings is 2. The number of halogens is 1. The Morgan fingerprint density at radius 2 is 1.71 bits per heavy atom. The Morgan fingerprint density at radius 1 is 0.958 bits per heavy atom. The molecule has 118 valence electrons. The molecule has 0 aliphatic heterocycles. The Morgan fingerprint density at radius 3 is 2.46 bits per heavy atom. The van der Waals surface area contributed by atoms with Crippen LogP contribution >= 0.6 is 11.6 Å². The number of hydrogen-bond acceptors (Lipinski definition) is 4. The first-order chi connectivity index (χ1) is 11.7. The van der Waals surface area contributed by atoms with Crippen molar-refractivity contribution in [3.63, 3.8) is 0 Å². The van der Waals surface area contributed by atoms with E-state index in [4.69, 9.17) is 17.3 Å². The van der Waals surface area contributed by atoms with Crippen LogP contribution < -0.4 is 5.73 Å². The SMILES string of the molecule is Nc1nc(Cc2ccccc2)nc2c1cnn2-c1ccc(Cl)cc1. The van der Waals surface area contributed by atoms with Crippen LogP contribution in [-0.2, 0) is 6.42 Å². The number of anilines is 1. The van der Waals surface area contributed by atoms with E-state index in [2.05, 4.69) is 15.1 Å². The number of fused-ring (bicyclic) bond motifs is 1. The lowest BCUT2D eigenvalue weighted by Gasteiger charge is -2.06. The average Bonchev–Trinajstić information content (AvgIpc) is 3.01. The number of rotatable bonds is 3. The lowest BCUT2D eigenvalue weighted by molar-refractivity contribution is 0.883. The monoisotopic (exact) mass is 335 g/mol. The van der Waals surface area contributed by atoms with Crippen LogP contribution in [0.5, 0.6) is 0 Å². The Bertz CT molecular complexity index is 993. The first-order valence-corrected chi connectivity index (χ1v) is 7.88. The summed E-state index contributed by atoms with van der Waals surface area (Å²) >= 11 is 5.96. The molecule has 2 aromatic carbocycles. The maximum absolute atomic E-state index is 6.10. The summed E-state index contributed by atoms with van der Waals surface area (Å²) in [5, 5.41) is 5.81. The number of aromatic nitrogens is 4. The number of nitrogen functional groups attached to an aromatic ring is 1. The minimum atomic E-state index is 0.436. The molecule has 24 heavy (non-hydrogen) atoms. The minimum Gasteiger partial charge on any atom is -0.383 e. The van der Waals surface area contributed by atoms with Crippen LogP contribution in [0.3, 0.4) is 0 Å². The summed E-state index contributed by atoms with van der Waals surface area (Å²) in [5.41, 5.74) is 8.80. The summed E-state index contributed by atoms with van der Waals surface area (Å²) in [6, 6.07) is 17.5. The fourth-order valence-corrected chi connectivity index (χ4v) is 2.73. The molecule has 0 saturated heterocycles. The molecule has 0 aliphatic rings. The molecular weight excluding hydrogens is 322 g/mol. The van der Waals surface area contributed by atoms with Crippen molar-refractivity contribution in [3.8, 4) is 5.69 Å². The Hall–Kier alpha value is -2.92. The van der Waals surface area contributed by atoms with Gasteiger partial charge in [0, 0.05) is 11.4 Å². The molecule has 0 bridgehead atoms. The van der Waals surface area contributed by atoms with E-state index in [0.29, 0.717) is 28.7 Å². The van der Waals surface area contributed by atoms with Gasteiger partial charge in [-0.3, -0.25) is 0 Å². The van der Waals surface area contributed by atoms with Crippen LogP contribution in [0.15, 0.2) is 60.8 Å². The molecule has 6 heteroatoms. The van der Waals surface area contributed by atoms with Gasteiger partial charge in [-0.05, 0) is 29.8 Å². The summed E-state index contributed by atoms with van der Waals surface area (Å²) in [6.45, 7) is 0. The van der Waals surface area contributed by atoms with Crippen LogP contribution in [0.25, 0.3) is 16.7 Å². The van der Waals surface area contributed by atoms with Crippen LogP contribution in [0.4, 0.5) is 5.82 Å². The van der Waals surface area contributed by atoms with Gasteiger partial charge in [-0.25, -0.2) is 14.6 Å². The van der Waals surface area contributed by atoms with Gasteiger partial charge >= 0.3 is 0 Å². The molecule has 2 N–H and O–H groups in total. The van der Waals surface area contributed by atoms with E-state index in [1.807, 2.05) is 54.6 Å². The van der Waals surface area contributed by atoms with Gasteiger partial charge in [-0.1, -0.05) is 41.9 Å². The summed E-state index contributed by atoms with van der Waals surface area (Å²) in [5.74, 6) is 1.10. The molecule has 0 amide bonds. The molecule has 0 unspecified atom stereocenters. The van der Waals surface area contributed by atoms with E-state index in [0.717, 1.165) is 16.6 Å². The molecule has 0 atom stereocenters. The van der Waals surface area contributed by atoms with E-state index < -0.39 is 0 Å². The zero-order valence-electron chi connectivity index (χ0n) is 12.7. The first kappa shape index (κ1) is 14.7. The highest BCUT2D eigenvalue weighted by molar-refractivity contribution is 6.30. The van der Waals surface area contributed by atoms with Crippen molar-refractivity contribution in [2.24, 2.45) is 0 Å². The third-order valence-electron chi connectivity index (χ3n) is 3.78. The highest BCUT2D eigenvalue weighted by atomic mass is 35.5. The zero-order chi connectivity index (χ0) is 16.5. The van der Waals surface area contributed by atoms with E-state index in [1.54, 1.807) is 10.9 Å². The molecule has 2 aromatic heterocycles. The molecule has 4 aromatic rings. The van der Waals surface area contributed by atoms with Crippen molar-refractivity contribution in [1.29, 1.82) is 0 Å². The predicted octanol–water partition coefficient (Wildman–Crippen LogP) is 3.64. The van der Waals surface area contributed by atoms with Crippen LogP contribution in [0.2, 0.25) is 5.02 Å². The second kappa shape index (κ2) is 5.94. The number of nitrogens with zero attached hydrogens (tertiary/aromatic N) is 4. The summed E-state index contributed by atoms with van der Waals surface area (Å²) in [4.78, 5) is 9.08. The van der Waals surface area contributed by atoms with Gasteiger partial charge in [-0.2, -0.15) is 5.10 Å². The van der Waals surface area contributed by atoms with Gasteiger partial charge in [0.25, 0.3) is 0 Å². The second-order valence-corrected chi connectivity index (χ2v) is 5.89. The molecule has 0 fully saturated rings. The van der Waals surface area contributed by atoms with Gasteiger partial charge in [0.2, 0.25) is 0 Å². The van der Waals surface area contributed by atoms with E-state index >= 15 is 0 Å². The van der Waals surface area contributed by atoms with Gasteiger partial charge in [0.15, 0.2) is 5.65 Å². The van der Waals surface area contributed by atoms with Crippen molar-refractivity contribution in [3.05, 3.63) is 77.2 Å². The average molecular weight is 336 g/mol. The molecule has 2 heterocycles. The fourth-order valence-electron chi connectivity index (χ4n) is 2.61. The molecule has 0 spiro atoms. The first-order valence-electron chi connectivity index (χ1n) is 7.51. The Kier molecular flexibility index (Phi) is 3.63. The summed E-state index contributed by atoms with van der Waals surface area (Å²) < 4.78 is 1.75. The lowest BCUT2D eigenvalue weighted by Crippen LogP contribution is -2.04. The minimum absolute atomic E-state index is 0.436. The maximum Gasteiger partial charge on any atom is 0.168 e. The summed E-state index contributed by atoms with van der Waals surface area (Å²) in [7, 11) is 0. The smallest absolute Gasteiger partial charge is 0.168 e. The topological polar surface area (TPSA) is 69.6 Å². The van der Waals surface area contributed by atoms with Crippen molar-refractivity contribution in [2.75, 3.05) is 5.73 Å². The second-order valence-electron chi connectivity index (χ2n) is 5.46. The van der Waals surface area contributed by atoms with Crippen molar-refractivity contribution >= 4 is 28.5 Å². The van der Waals surface area contributed by atoms with E-state index in [-0.39, 0.29) is 0 Å². The van der Waals surface area contributed by atoms with E-state index in [1.165, 1.54) is 0 Å². The fraction of sp³-hybridized carbons (Fsp3) is 0.0556. The van der Waals surface area contributed by atoms with Crippen molar-refractivity contribution < 1.29 is 0 Å². The zero-order valence-corrected chi connectivity index (χ0v) is 13.5. The number of nitrogens with two attached hydrogens (primary N) is 1. The normalized spacial score (nSPS) is 11.0. The van der Waals surface area contributed by atoms with Crippen LogP contribution in [0, 0.1) is 0 Å². The van der Waals surface area contributed by atoms with Gasteiger partial charge < -0.3 is 5.73 Å². The van der Waals surface area contributed by atoms with Gasteiger partial charge in [0.05, 0.1) is 17.3 Å². The quantitative estimate of drug-likeness (QED) is 0.620. The Balaban J connectivity index is 1.81. The highest BCUT2D eigenvalue weighted by Gasteiger charge is 2.12. The molecule has 0 aliphatic carbocycles. The third-order valence-corrected chi connectivity index (χ3v) is 4.03. The van der Waals surface area contributed by atoms with E-state index in [9.17, 15) is 0 Å². The summed E-state index contributed by atoms with van der Waals surface area (Å²) in [6.07, 6.45) is 2.30. The Labute approximate surface area is 143 Å². The predicted molar refractivity (Wildman–Crippen MR) is 95.3 cm³/mol. The largest absolute Gasteiger partial charge is 0.383 e. The molecule has 5 nitrogen and oxygen atoms in total. The van der Waals surface area contributed by atoms with Crippen molar-refractivity contribution in [2.45, 2.75) is 6.42 Å². The maximum atomic E-state index is 6.10. The molecular formula is C18H14ClN5.